The first kappa shape index (κ1) is 13.3. The van der Waals surface area contributed by atoms with Crippen LogP contribution in [-0.4, -0.2) is 32.4 Å². The topological polar surface area (TPSA) is 63.4 Å². The molecule has 1 unspecified atom stereocenters. The molecule has 2 N–H and O–H groups in total. The monoisotopic (exact) mass is 294 g/mol. The molecule has 0 amide bonds. The average Bonchev–Trinajstić information content (AvgIpc) is 3.01. The zero-order valence-electron chi connectivity index (χ0n) is 9.47. The van der Waals surface area contributed by atoms with Crippen LogP contribution in [0.3, 0.4) is 0 Å². The Balaban J connectivity index is 2.25. The summed E-state index contributed by atoms with van der Waals surface area (Å²) in [6.45, 7) is 0.361. The van der Waals surface area contributed by atoms with Gasteiger partial charge in [0.25, 0.3) is 10.0 Å². The molecule has 1 aromatic rings. The lowest BCUT2D eigenvalue weighted by atomic mass is 10.2. The second kappa shape index (κ2) is 4.85. The zero-order chi connectivity index (χ0) is 12.6. The summed E-state index contributed by atoms with van der Waals surface area (Å²) in [5.41, 5.74) is 5.67. The van der Waals surface area contributed by atoms with E-state index in [0.717, 1.165) is 24.2 Å². The van der Waals surface area contributed by atoms with E-state index in [9.17, 15) is 8.42 Å². The third kappa shape index (κ3) is 2.66. The molecule has 1 atom stereocenters. The van der Waals surface area contributed by atoms with Crippen LogP contribution >= 0.6 is 22.9 Å². The predicted molar refractivity (Wildman–Crippen MR) is 69.8 cm³/mol. The van der Waals surface area contributed by atoms with Crippen LogP contribution in [0.2, 0.25) is 4.34 Å². The summed E-state index contributed by atoms with van der Waals surface area (Å²) in [6.07, 6.45) is 2.12. The minimum Gasteiger partial charge on any atom is -0.329 e. The van der Waals surface area contributed by atoms with E-state index in [1.54, 1.807) is 19.2 Å². The molecule has 0 spiro atoms. The summed E-state index contributed by atoms with van der Waals surface area (Å²) in [7, 11) is -1.85. The molecule has 1 fully saturated rings. The van der Waals surface area contributed by atoms with Crippen molar-refractivity contribution in [2.45, 2.75) is 23.1 Å². The van der Waals surface area contributed by atoms with E-state index >= 15 is 0 Å². The highest BCUT2D eigenvalue weighted by molar-refractivity contribution is 7.91. The number of nitrogens with two attached hydrogens (primary N) is 1. The molecule has 1 aromatic heterocycles. The Bertz CT molecular complexity index is 496. The highest BCUT2D eigenvalue weighted by atomic mass is 35.5. The Morgan fingerprint density at radius 3 is 2.65 bits per heavy atom. The normalized spacial score (nSPS) is 18.6. The van der Waals surface area contributed by atoms with Crippen molar-refractivity contribution in [2.24, 2.45) is 11.7 Å². The standard InChI is InChI=1S/C10H15ClN2O2S2/c1-13(8(6-12)7-2-3-7)17(14,15)10-5-4-9(11)16-10/h4-5,7-8H,2-3,6,12H2,1H3. The second-order valence-electron chi connectivity index (χ2n) is 4.22. The van der Waals surface area contributed by atoms with Crippen molar-refractivity contribution in [1.82, 2.24) is 4.31 Å². The Labute approximate surface area is 110 Å². The number of hydrogen-bond acceptors (Lipinski definition) is 4. The van der Waals surface area contributed by atoms with E-state index in [1.165, 1.54) is 4.31 Å². The fourth-order valence-corrected chi connectivity index (χ4v) is 4.97. The zero-order valence-corrected chi connectivity index (χ0v) is 11.9. The number of halogens is 1. The largest absolute Gasteiger partial charge is 0.329 e. The average molecular weight is 295 g/mol. The molecule has 2 rings (SSSR count). The third-order valence-corrected chi connectivity index (χ3v) is 6.64. The van der Waals surface area contributed by atoms with Gasteiger partial charge in [-0.3, -0.25) is 0 Å². The van der Waals surface area contributed by atoms with Crippen LogP contribution in [0.4, 0.5) is 0 Å². The molecule has 0 radical (unpaired) electrons. The van der Waals surface area contributed by atoms with Crippen LogP contribution in [0, 0.1) is 5.92 Å². The van der Waals surface area contributed by atoms with E-state index in [4.69, 9.17) is 17.3 Å². The number of thiophene rings is 1. The number of hydrogen-bond donors (Lipinski definition) is 1. The van der Waals surface area contributed by atoms with Gasteiger partial charge in [-0.1, -0.05) is 11.6 Å². The van der Waals surface area contributed by atoms with E-state index in [1.807, 2.05) is 0 Å². The molecule has 0 bridgehead atoms. The van der Waals surface area contributed by atoms with Crippen LogP contribution < -0.4 is 5.73 Å². The summed E-state index contributed by atoms with van der Waals surface area (Å²) >= 11 is 6.85. The van der Waals surface area contributed by atoms with Crippen LogP contribution in [0.5, 0.6) is 0 Å². The van der Waals surface area contributed by atoms with Gasteiger partial charge in [-0.2, -0.15) is 4.31 Å². The maximum Gasteiger partial charge on any atom is 0.252 e. The molecule has 0 saturated heterocycles. The fraction of sp³-hybridized carbons (Fsp3) is 0.600. The minimum atomic E-state index is -3.45. The Morgan fingerprint density at radius 1 is 1.59 bits per heavy atom. The van der Waals surface area contributed by atoms with Crippen molar-refractivity contribution in [3.63, 3.8) is 0 Å². The minimum absolute atomic E-state index is 0.0964. The maximum atomic E-state index is 12.3. The molecule has 4 nitrogen and oxygen atoms in total. The second-order valence-corrected chi connectivity index (χ2v) is 8.16. The van der Waals surface area contributed by atoms with Gasteiger partial charge in [-0.15, -0.1) is 11.3 Å². The molecule has 0 aliphatic heterocycles. The first-order chi connectivity index (χ1) is 7.96. The predicted octanol–water partition coefficient (Wildman–Crippen LogP) is 1.76. The van der Waals surface area contributed by atoms with Crippen molar-refractivity contribution in [2.75, 3.05) is 13.6 Å². The van der Waals surface area contributed by atoms with Crippen molar-refractivity contribution in [3.8, 4) is 0 Å². The van der Waals surface area contributed by atoms with E-state index < -0.39 is 10.0 Å². The number of likely N-dealkylation sites (N-methyl/N-ethyl adjacent to an activating group) is 1. The molecule has 17 heavy (non-hydrogen) atoms. The van der Waals surface area contributed by atoms with Crippen molar-refractivity contribution >= 4 is 33.0 Å². The molecule has 1 aliphatic carbocycles. The fourth-order valence-electron chi connectivity index (χ4n) is 1.88. The van der Waals surface area contributed by atoms with Crippen molar-refractivity contribution in [3.05, 3.63) is 16.5 Å². The SMILES string of the molecule is CN(C(CN)C1CC1)S(=O)(=O)c1ccc(Cl)s1. The smallest absolute Gasteiger partial charge is 0.252 e. The first-order valence-corrected chi connectivity index (χ1v) is 8.03. The lowest BCUT2D eigenvalue weighted by molar-refractivity contribution is 0.341. The van der Waals surface area contributed by atoms with Crippen LogP contribution in [0.15, 0.2) is 16.3 Å². The van der Waals surface area contributed by atoms with Gasteiger partial charge >= 0.3 is 0 Å². The molecule has 1 heterocycles. The lowest BCUT2D eigenvalue weighted by Crippen LogP contribution is -2.42. The molecule has 1 aliphatic rings. The summed E-state index contributed by atoms with van der Waals surface area (Å²) in [6, 6.07) is 3.04. The number of nitrogens with zero attached hydrogens (tertiary/aromatic N) is 1. The van der Waals surface area contributed by atoms with Gasteiger partial charge in [0.15, 0.2) is 0 Å². The molecule has 0 aromatic carbocycles. The van der Waals surface area contributed by atoms with Gasteiger partial charge < -0.3 is 5.73 Å². The van der Waals surface area contributed by atoms with Gasteiger partial charge in [0.1, 0.15) is 4.21 Å². The van der Waals surface area contributed by atoms with Crippen molar-refractivity contribution in [1.29, 1.82) is 0 Å². The van der Waals surface area contributed by atoms with Crippen molar-refractivity contribution < 1.29 is 8.42 Å². The van der Waals surface area contributed by atoms with Gasteiger partial charge in [-0.05, 0) is 30.9 Å². The van der Waals surface area contributed by atoms with Crippen LogP contribution in [0.1, 0.15) is 12.8 Å². The third-order valence-electron chi connectivity index (χ3n) is 3.06. The van der Waals surface area contributed by atoms with Crippen LogP contribution in [0.25, 0.3) is 0 Å². The Kier molecular flexibility index (Phi) is 3.80. The van der Waals surface area contributed by atoms with E-state index in [-0.39, 0.29) is 10.3 Å². The maximum absolute atomic E-state index is 12.3. The summed E-state index contributed by atoms with van der Waals surface area (Å²) in [4.78, 5) is 0. The quantitative estimate of drug-likeness (QED) is 0.900. The van der Waals surface area contributed by atoms with Gasteiger partial charge in [0.2, 0.25) is 0 Å². The highest BCUT2D eigenvalue weighted by Crippen LogP contribution is 2.37. The summed E-state index contributed by atoms with van der Waals surface area (Å²) in [5, 5.41) is 0. The Morgan fingerprint density at radius 2 is 2.24 bits per heavy atom. The van der Waals surface area contributed by atoms with E-state index in [2.05, 4.69) is 0 Å². The van der Waals surface area contributed by atoms with Crippen LogP contribution in [-0.2, 0) is 10.0 Å². The molecular weight excluding hydrogens is 280 g/mol. The van der Waals surface area contributed by atoms with Gasteiger partial charge in [-0.25, -0.2) is 8.42 Å². The van der Waals surface area contributed by atoms with E-state index in [0.29, 0.717) is 16.8 Å². The highest BCUT2D eigenvalue weighted by Gasteiger charge is 2.38. The number of rotatable bonds is 5. The first-order valence-electron chi connectivity index (χ1n) is 5.40. The molecular formula is C10H15ClN2O2S2. The molecule has 1 saturated carbocycles. The number of sulfonamides is 1. The summed E-state index contributed by atoms with van der Waals surface area (Å²) in [5.74, 6) is 0.412. The Hall–Kier alpha value is -0.140. The molecule has 96 valence electrons. The summed E-state index contributed by atoms with van der Waals surface area (Å²) < 4.78 is 26.8. The van der Waals surface area contributed by atoms with Gasteiger partial charge in [0, 0.05) is 19.6 Å². The lowest BCUT2D eigenvalue weighted by Gasteiger charge is -2.25. The molecule has 7 heteroatoms. The van der Waals surface area contributed by atoms with Gasteiger partial charge in [0.05, 0.1) is 4.34 Å².